The van der Waals surface area contributed by atoms with Crippen molar-refractivity contribution in [3.8, 4) is 0 Å². The minimum atomic E-state index is 0.526. The van der Waals surface area contributed by atoms with Crippen LogP contribution in [0.3, 0.4) is 0 Å². The molecule has 5 aromatic rings. The molecule has 0 aliphatic carbocycles. The number of aromatic nitrogens is 4. The fraction of sp³-hybridized carbons (Fsp3) is 0.167. The number of anilines is 2. The number of hydrogen-bond acceptors (Lipinski definition) is 7. The van der Waals surface area contributed by atoms with E-state index in [4.69, 9.17) is 21.9 Å². The molecule has 0 aliphatic heterocycles. The Morgan fingerprint density at radius 1 is 1.06 bits per heavy atom. The highest BCUT2D eigenvalue weighted by molar-refractivity contribution is 6.31. The van der Waals surface area contributed by atoms with Crippen molar-refractivity contribution in [3.05, 3.63) is 81.9 Å². The number of nitrogens with one attached hydrogen (secondary N) is 1. The van der Waals surface area contributed by atoms with Crippen molar-refractivity contribution in [1.29, 1.82) is 0 Å². The fourth-order valence-electron chi connectivity index (χ4n) is 3.91. The fourth-order valence-corrected chi connectivity index (χ4v) is 4.08. The van der Waals surface area contributed by atoms with Crippen molar-refractivity contribution in [1.82, 2.24) is 20.1 Å². The minimum absolute atomic E-state index is 0.526. The van der Waals surface area contributed by atoms with Gasteiger partial charge in [0.05, 0.1) is 22.1 Å². The van der Waals surface area contributed by atoms with Crippen molar-refractivity contribution in [3.63, 3.8) is 0 Å². The molecule has 0 saturated carbocycles. The van der Waals surface area contributed by atoms with E-state index in [1.807, 2.05) is 38.1 Å². The molecule has 0 radical (unpaired) electrons. The van der Waals surface area contributed by atoms with Gasteiger partial charge in [0.15, 0.2) is 11.4 Å². The average Bonchev–Trinajstić information content (AvgIpc) is 3.15. The van der Waals surface area contributed by atoms with Crippen LogP contribution in [-0.2, 0) is 13.0 Å². The van der Waals surface area contributed by atoms with Gasteiger partial charge >= 0.3 is 0 Å². The molecule has 0 aliphatic rings. The summed E-state index contributed by atoms with van der Waals surface area (Å²) in [6, 6.07) is 11.9. The van der Waals surface area contributed by atoms with Crippen LogP contribution in [0.4, 0.5) is 11.6 Å². The maximum atomic E-state index is 6.09. The average molecular weight is 445 g/mol. The molecular formula is C24H21ClN6O. The van der Waals surface area contributed by atoms with E-state index >= 15 is 0 Å². The lowest BCUT2D eigenvalue weighted by atomic mass is 10.1. The van der Waals surface area contributed by atoms with Crippen LogP contribution in [0.2, 0.25) is 5.02 Å². The topological polar surface area (TPSA) is 103 Å². The standard InChI is InChI=1S/C24H21ClN6O/c1-13-5-23(26)30-14(2)20(13)11-29-24-19-9-18(27-12-22(19)32-31-24)7-15-3-4-21-16(6-15)8-17(25)10-28-21/h3-6,8-10,12H,7,11H2,1-2H3,(H2,26,30)(H,29,31). The van der Waals surface area contributed by atoms with Gasteiger partial charge < -0.3 is 15.6 Å². The van der Waals surface area contributed by atoms with Crippen molar-refractivity contribution in [2.45, 2.75) is 26.8 Å². The molecule has 0 amide bonds. The Hall–Kier alpha value is -3.71. The Labute approximate surface area is 189 Å². The van der Waals surface area contributed by atoms with Gasteiger partial charge in [-0.05, 0) is 60.9 Å². The molecule has 7 nitrogen and oxygen atoms in total. The Bertz CT molecular complexity index is 1440. The first-order valence-corrected chi connectivity index (χ1v) is 10.6. The van der Waals surface area contributed by atoms with Gasteiger partial charge in [0, 0.05) is 35.9 Å². The normalized spacial score (nSPS) is 11.3. The van der Waals surface area contributed by atoms with Gasteiger partial charge in [0.25, 0.3) is 0 Å². The predicted molar refractivity (Wildman–Crippen MR) is 127 cm³/mol. The first-order chi connectivity index (χ1) is 15.5. The van der Waals surface area contributed by atoms with Crippen LogP contribution in [0.1, 0.15) is 28.1 Å². The summed E-state index contributed by atoms with van der Waals surface area (Å²) in [6.07, 6.45) is 4.04. The number of nitrogens with zero attached hydrogens (tertiary/aromatic N) is 4. The van der Waals surface area contributed by atoms with Crippen molar-refractivity contribution in [2.24, 2.45) is 0 Å². The summed E-state index contributed by atoms with van der Waals surface area (Å²) in [7, 11) is 0. The van der Waals surface area contributed by atoms with Gasteiger partial charge in [-0.25, -0.2) is 4.98 Å². The maximum Gasteiger partial charge on any atom is 0.187 e. The summed E-state index contributed by atoms with van der Waals surface area (Å²) >= 11 is 6.09. The molecule has 3 N–H and O–H groups in total. The van der Waals surface area contributed by atoms with Gasteiger partial charge in [0.1, 0.15) is 5.82 Å². The summed E-state index contributed by atoms with van der Waals surface area (Å²) in [5.74, 6) is 1.20. The third-order valence-electron chi connectivity index (χ3n) is 5.52. The largest absolute Gasteiger partial charge is 0.384 e. The van der Waals surface area contributed by atoms with Crippen LogP contribution in [0.25, 0.3) is 21.9 Å². The third kappa shape index (κ3) is 3.94. The smallest absolute Gasteiger partial charge is 0.187 e. The molecule has 0 bridgehead atoms. The maximum absolute atomic E-state index is 6.09. The highest BCUT2D eigenvalue weighted by Crippen LogP contribution is 2.26. The third-order valence-corrected chi connectivity index (χ3v) is 5.73. The molecule has 0 atom stereocenters. The van der Waals surface area contributed by atoms with E-state index in [9.17, 15) is 0 Å². The van der Waals surface area contributed by atoms with Crippen molar-refractivity contribution in [2.75, 3.05) is 11.1 Å². The molecule has 160 valence electrons. The van der Waals surface area contributed by atoms with E-state index in [2.05, 4.69) is 37.6 Å². The van der Waals surface area contributed by atoms with E-state index < -0.39 is 0 Å². The molecule has 32 heavy (non-hydrogen) atoms. The molecule has 0 unspecified atom stereocenters. The highest BCUT2D eigenvalue weighted by Gasteiger charge is 2.12. The predicted octanol–water partition coefficient (Wildman–Crippen LogP) is 5.22. The Morgan fingerprint density at radius 3 is 2.78 bits per heavy atom. The highest BCUT2D eigenvalue weighted by atomic mass is 35.5. The number of nitrogen functional groups attached to an aromatic ring is 1. The van der Waals surface area contributed by atoms with Crippen molar-refractivity contribution < 1.29 is 4.52 Å². The van der Waals surface area contributed by atoms with Crippen molar-refractivity contribution >= 4 is 45.1 Å². The second kappa shape index (κ2) is 8.09. The van der Waals surface area contributed by atoms with Crippen LogP contribution < -0.4 is 11.1 Å². The molecule has 1 aromatic carbocycles. The molecule has 0 fully saturated rings. The number of fused-ring (bicyclic) bond motifs is 2. The number of nitrogens with two attached hydrogens (primary N) is 1. The van der Waals surface area contributed by atoms with Gasteiger partial charge in [-0.2, -0.15) is 0 Å². The zero-order chi connectivity index (χ0) is 22.2. The molecular weight excluding hydrogens is 424 g/mol. The van der Waals surface area contributed by atoms with E-state index in [0.29, 0.717) is 35.2 Å². The number of pyridine rings is 3. The lowest BCUT2D eigenvalue weighted by Gasteiger charge is -2.11. The minimum Gasteiger partial charge on any atom is -0.384 e. The first kappa shape index (κ1) is 20.2. The summed E-state index contributed by atoms with van der Waals surface area (Å²) in [4.78, 5) is 13.2. The number of rotatable bonds is 5. The number of hydrogen-bond donors (Lipinski definition) is 2. The monoisotopic (exact) mass is 444 g/mol. The Morgan fingerprint density at radius 2 is 1.94 bits per heavy atom. The zero-order valence-corrected chi connectivity index (χ0v) is 18.4. The van der Waals surface area contributed by atoms with Crippen LogP contribution in [0, 0.1) is 13.8 Å². The zero-order valence-electron chi connectivity index (χ0n) is 17.7. The van der Waals surface area contributed by atoms with E-state index in [1.54, 1.807) is 12.4 Å². The van der Waals surface area contributed by atoms with Gasteiger partial charge in [-0.3, -0.25) is 9.97 Å². The van der Waals surface area contributed by atoms with E-state index in [-0.39, 0.29) is 0 Å². The van der Waals surface area contributed by atoms with Crippen LogP contribution >= 0.6 is 11.6 Å². The van der Waals surface area contributed by atoms with E-state index in [0.717, 1.165) is 44.4 Å². The second-order valence-electron chi connectivity index (χ2n) is 7.84. The number of benzene rings is 1. The molecule has 5 rings (SSSR count). The van der Waals surface area contributed by atoms with E-state index in [1.165, 1.54) is 0 Å². The Balaban J connectivity index is 1.40. The summed E-state index contributed by atoms with van der Waals surface area (Å²) in [5.41, 5.74) is 12.5. The lowest BCUT2D eigenvalue weighted by molar-refractivity contribution is 0.458. The molecule has 8 heteroatoms. The first-order valence-electron chi connectivity index (χ1n) is 10.2. The SMILES string of the molecule is Cc1cc(N)nc(C)c1CNc1noc2cnc(Cc3ccc4ncc(Cl)cc4c3)cc12. The van der Waals surface area contributed by atoms with Gasteiger partial charge in [0.2, 0.25) is 0 Å². The summed E-state index contributed by atoms with van der Waals surface area (Å²) in [5, 5.41) is 10.1. The molecule has 0 spiro atoms. The number of aryl methyl sites for hydroxylation is 2. The lowest BCUT2D eigenvalue weighted by Crippen LogP contribution is -2.07. The summed E-state index contributed by atoms with van der Waals surface area (Å²) in [6.45, 7) is 4.55. The van der Waals surface area contributed by atoms with Gasteiger partial charge in [-0.1, -0.05) is 22.8 Å². The van der Waals surface area contributed by atoms with Crippen LogP contribution in [0.15, 0.2) is 53.3 Å². The van der Waals surface area contributed by atoms with Gasteiger partial charge in [-0.15, -0.1) is 0 Å². The second-order valence-corrected chi connectivity index (χ2v) is 8.28. The number of halogens is 1. The molecule has 4 heterocycles. The van der Waals surface area contributed by atoms with Crippen LogP contribution in [-0.4, -0.2) is 20.1 Å². The Kier molecular flexibility index (Phi) is 5.11. The summed E-state index contributed by atoms with van der Waals surface area (Å²) < 4.78 is 5.46. The quantitative estimate of drug-likeness (QED) is 0.383. The molecule has 4 aromatic heterocycles. The molecule has 0 saturated heterocycles. The van der Waals surface area contributed by atoms with Crippen LogP contribution in [0.5, 0.6) is 0 Å².